The Labute approximate surface area is 122 Å². The lowest BCUT2D eigenvalue weighted by molar-refractivity contribution is -0.118. The van der Waals surface area contributed by atoms with Crippen molar-refractivity contribution in [2.24, 2.45) is 12.8 Å². The van der Waals surface area contributed by atoms with Crippen LogP contribution in [-0.2, 0) is 18.4 Å². The molecule has 1 aromatic heterocycles. The number of primary amides is 1. The molecular weight excluding hydrogens is 270 g/mol. The first-order valence-electron chi connectivity index (χ1n) is 6.35. The summed E-state index contributed by atoms with van der Waals surface area (Å²) < 4.78 is 1.59. The minimum atomic E-state index is -0.575. The normalized spacial score (nSPS) is 10.3. The van der Waals surface area contributed by atoms with Crippen LogP contribution in [0.3, 0.4) is 0 Å². The van der Waals surface area contributed by atoms with Gasteiger partial charge in [0.2, 0.25) is 5.91 Å². The van der Waals surface area contributed by atoms with Gasteiger partial charge >= 0.3 is 0 Å². The van der Waals surface area contributed by atoms with E-state index < -0.39 is 5.91 Å². The third-order valence-corrected chi connectivity index (χ3v) is 2.99. The van der Waals surface area contributed by atoms with E-state index >= 15 is 0 Å². The Kier molecular flexibility index (Phi) is 4.22. The molecule has 2 rings (SSSR count). The van der Waals surface area contributed by atoms with Crippen LogP contribution in [0.25, 0.3) is 0 Å². The van der Waals surface area contributed by atoms with E-state index in [0.717, 1.165) is 5.56 Å². The van der Waals surface area contributed by atoms with Gasteiger partial charge in [-0.25, -0.2) is 4.98 Å². The van der Waals surface area contributed by atoms with Crippen LogP contribution in [0.2, 0.25) is 0 Å². The van der Waals surface area contributed by atoms with Gasteiger partial charge < -0.3 is 20.9 Å². The highest BCUT2D eigenvalue weighted by Crippen LogP contribution is 2.12. The number of carbonyl (C=O) groups is 2. The Morgan fingerprint density at radius 3 is 2.71 bits per heavy atom. The lowest BCUT2D eigenvalue weighted by Gasteiger charge is -2.21. The number of imidazole rings is 1. The number of nitrogens with zero attached hydrogens (tertiary/aromatic N) is 3. The summed E-state index contributed by atoms with van der Waals surface area (Å²) >= 11 is 0. The highest BCUT2D eigenvalue weighted by molar-refractivity contribution is 5.94. The Hall–Kier alpha value is -2.83. The first-order chi connectivity index (χ1) is 9.97. The van der Waals surface area contributed by atoms with Crippen molar-refractivity contribution in [1.82, 2.24) is 14.5 Å². The molecular formula is C14H17N5O2. The van der Waals surface area contributed by atoms with Gasteiger partial charge in [0.1, 0.15) is 12.2 Å². The predicted molar refractivity (Wildman–Crippen MR) is 78.0 cm³/mol. The smallest absolute Gasteiger partial charge is 0.272 e. The van der Waals surface area contributed by atoms with Crippen molar-refractivity contribution in [3.8, 4) is 0 Å². The molecule has 7 heteroatoms. The van der Waals surface area contributed by atoms with Gasteiger partial charge in [-0.1, -0.05) is 12.1 Å². The minimum absolute atomic E-state index is 0.168. The fourth-order valence-electron chi connectivity index (χ4n) is 2.02. The van der Waals surface area contributed by atoms with Crippen LogP contribution in [0, 0.1) is 0 Å². The summed E-state index contributed by atoms with van der Waals surface area (Å²) in [7, 11) is 1.71. The number of nitrogen functional groups attached to an aromatic ring is 1. The molecule has 1 heterocycles. The highest BCUT2D eigenvalue weighted by Gasteiger charge is 2.20. The molecule has 0 radical (unpaired) electrons. The average Bonchev–Trinajstić information content (AvgIpc) is 2.83. The second-order valence-electron chi connectivity index (χ2n) is 4.76. The molecule has 0 bridgehead atoms. The number of hydrogen-bond donors (Lipinski definition) is 2. The standard InChI is InChI=1S/C14H17N5O2/c1-18-9-17-6-12(18)14(21)19(8-13(16)20)7-10-3-2-4-11(15)5-10/h2-6,9H,7-8,15H2,1H3,(H2,16,20). The summed E-state index contributed by atoms with van der Waals surface area (Å²) in [5, 5.41) is 0. The third kappa shape index (κ3) is 3.59. The van der Waals surface area contributed by atoms with Crippen molar-refractivity contribution in [1.29, 1.82) is 0 Å². The van der Waals surface area contributed by atoms with Crippen molar-refractivity contribution >= 4 is 17.5 Å². The topological polar surface area (TPSA) is 107 Å². The van der Waals surface area contributed by atoms with Crippen LogP contribution in [-0.4, -0.2) is 32.8 Å². The van der Waals surface area contributed by atoms with Crippen molar-refractivity contribution in [3.05, 3.63) is 48.0 Å². The van der Waals surface area contributed by atoms with Gasteiger partial charge in [-0.15, -0.1) is 0 Å². The van der Waals surface area contributed by atoms with Gasteiger partial charge in [-0.05, 0) is 17.7 Å². The molecule has 4 N–H and O–H groups in total. The minimum Gasteiger partial charge on any atom is -0.399 e. The summed E-state index contributed by atoms with van der Waals surface area (Å²) in [6.07, 6.45) is 2.98. The van der Waals surface area contributed by atoms with E-state index in [9.17, 15) is 9.59 Å². The molecule has 0 saturated carbocycles. The summed E-state index contributed by atoms with van der Waals surface area (Å²) in [6.45, 7) is 0.0802. The molecule has 0 atom stereocenters. The van der Waals surface area contributed by atoms with Gasteiger partial charge in [0.05, 0.1) is 12.5 Å². The van der Waals surface area contributed by atoms with Crippen molar-refractivity contribution in [3.63, 3.8) is 0 Å². The maximum atomic E-state index is 12.5. The van der Waals surface area contributed by atoms with E-state index in [4.69, 9.17) is 11.5 Å². The zero-order valence-electron chi connectivity index (χ0n) is 11.7. The second-order valence-corrected chi connectivity index (χ2v) is 4.76. The quantitative estimate of drug-likeness (QED) is 0.762. The summed E-state index contributed by atoms with van der Waals surface area (Å²) in [4.78, 5) is 29.0. The van der Waals surface area contributed by atoms with E-state index in [1.807, 2.05) is 6.07 Å². The van der Waals surface area contributed by atoms with E-state index in [1.54, 1.807) is 29.8 Å². The molecule has 1 aromatic carbocycles. The van der Waals surface area contributed by atoms with E-state index in [2.05, 4.69) is 4.98 Å². The van der Waals surface area contributed by atoms with Gasteiger partial charge in [-0.3, -0.25) is 9.59 Å². The van der Waals surface area contributed by atoms with Crippen LogP contribution in [0.1, 0.15) is 16.1 Å². The molecule has 7 nitrogen and oxygen atoms in total. The molecule has 0 unspecified atom stereocenters. The number of rotatable bonds is 5. The molecule has 0 aliphatic rings. The molecule has 21 heavy (non-hydrogen) atoms. The monoisotopic (exact) mass is 287 g/mol. The Bertz CT molecular complexity index is 665. The molecule has 2 aromatic rings. The summed E-state index contributed by atoms with van der Waals surface area (Å²) in [6, 6.07) is 7.14. The van der Waals surface area contributed by atoms with Gasteiger partial charge in [0.15, 0.2) is 0 Å². The zero-order valence-corrected chi connectivity index (χ0v) is 11.7. The maximum Gasteiger partial charge on any atom is 0.272 e. The number of benzene rings is 1. The largest absolute Gasteiger partial charge is 0.399 e. The molecule has 0 spiro atoms. The number of anilines is 1. The Morgan fingerprint density at radius 2 is 2.14 bits per heavy atom. The number of aromatic nitrogens is 2. The number of amides is 2. The second kappa shape index (κ2) is 6.08. The van der Waals surface area contributed by atoms with E-state index in [1.165, 1.54) is 17.4 Å². The third-order valence-electron chi connectivity index (χ3n) is 2.99. The molecule has 0 fully saturated rings. The molecule has 110 valence electrons. The van der Waals surface area contributed by atoms with Crippen LogP contribution >= 0.6 is 0 Å². The molecule has 2 amide bonds. The summed E-state index contributed by atoms with van der Waals surface area (Å²) in [5.41, 5.74) is 12.8. The molecule has 0 aliphatic heterocycles. The van der Waals surface area contributed by atoms with Crippen molar-refractivity contribution < 1.29 is 9.59 Å². The van der Waals surface area contributed by atoms with Crippen LogP contribution in [0.15, 0.2) is 36.8 Å². The fraction of sp³-hybridized carbons (Fsp3) is 0.214. The maximum absolute atomic E-state index is 12.5. The van der Waals surface area contributed by atoms with Crippen LogP contribution in [0.4, 0.5) is 5.69 Å². The summed E-state index contributed by atoms with van der Waals surface area (Å²) in [5.74, 6) is -0.884. The van der Waals surface area contributed by atoms with Crippen molar-refractivity contribution in [2.75, 3.05) is 12.3 Å². The molecule has 0 aliphatic carbocycles. The van der Waals surface area contributed by atoms with E-state index in [-0.39, 0.29) is 19.0 Å². The van der Waals surface area contributed by atoms with E-state index in [0.29, 0.717) is 11.4 Å². The SMILES string of the molecule is Cn1cncc1C(=O)N(CC(N)=O)Cc1cccc(N)c1. The number of nitrogens with two attached hydrogens (primary N) is 2. The Morgan fingerprint density at radius 1 is 1.38 bits per heavy atom. The Balaban J connectivity index is 2.24. The van der Waals surface area contributed by atoms with Gasteiger partial charge in [-0.2, -0.15) is 0 Å². The first-order valence-corrected chi connectivity index (χ1v) is 6.35. The lowest BCUT2D eigenvalue weighted by atomic mass is 10.2. The molecule has 0 saturated heterocycles. The average molecular weight is 287 g/mol. The van der Waals surface area contributed by atoms with Gasteiger partial charge in [0.25, 0.3) is 5.91 Å². The number of carbonyl (C=O) groups excluding carboxylic acids is 2. The number of hydrogen-bond acceptors (Lipinski definition) is 4. The van der Waals surface area contributed by atoms with Crippen LogP contribution in [0.5, 0.6) is 0 Å². The fourth-order valence-corrected chi connectivity index (χ4v) is 2.02. The predicted octanol–water partition coefficient (Wildman–Crippen LogP) is 0.130. The van der Waals surface area contributed by atoms with Gasteiger partial charge in [0, 0.05) is 19.3 Å². The van der Waals surface area contributed by atoms with Crippen molar-refractivity contribution in [2.45, 2.75) is 6.54 Å². The zero-order chi connectivity index (χ0) is 15.4. The highest BCUT2D eigenvalue weighted by atomic mass is 16.2. The first kappa shape index (κ1) is 14.6. The number of aryl methyl sites for hydroxylation is 1. The van der Waals surface area contributed by atoms with Crippen LogP contribution < -0.4 is 11.5 Å². The lowest BCUT2D eigenvalue weighted by Crippen LogP contribution is -2.38.